The molecule has 110 valence electrons. The molecule has 0 bridgehead atoms. The molecule has 1 saturated heterocycles. The zero-order chi connectivity index (χ0) is 14.2. The minimum atomic E-state index is -2.89. The van der Waals surface area contributed by atoms with Crippen LogP contribution in [0.1, 0.15) is 18.9 Å². The summed E-state index contributed by atoms with van der Waals surface area (Å²) in [4.78, 5) is 2.21. The number of sulfone groups is 1. The van der Waals surface area contributed by atoms with Gasteiger partial charge in [0.25, 0.3) is 0 Å². The summed E-state index contributed by atoms with van der Waals surface area (Å²) in [6, 6.07) is 6.11. The molecule has 1 aromatic rings. The van der Waals surface area contributed by atoms with Crippen molar-refractivity contribution in [3.05, 3.63) is 23.8 Å². The molecular formula is C14H19NO4S. The molecule has 0 amide bonds. The Kier molecular flexibility index (Phi) is 3.60. The molecular weight excluding hydrogens is 278 g/mol. The van der Waals surface area contributed by atoms with E-state index in [1.807, 2.05) is 18.2 Å². The highest BCUT2D eigenvalue weighted by molar-refractivity contribution is 7.91. The van der Waals surface area contributed by atoms with Crippen LogP contribution in [-0.2, 0) is 16.4 Å². The second kappa shape index (κ2) is 5.26. The van der Waals surface area contributed by atoms with Crippen LogP contribution in [0.3, 0.4) is 0 Å². The van der Waals surface area contributed by atoms with Crippen LogP contribution in [0.2, 0.25) is 0 Å². The van der Waals surface area contributed by atoms with Gasteiger partial charge in [0, 0.05) is 24.7 Å². The second-order valence-corrected chi connectivity index (χ2v) is 7.71. The highest BCUT2D eigenvalue weighted by Gasteiger charge is 2.26. The Morgan fingerprint density at radius 1 is 1.30 bits per heavy atom. The number of hydrogen-bond donors (Lipinski definition) is 0. The molecule has 0 unspecified atom stereocenters. The fourth-order valence-corrected chi connectivity index (χ4v) is 4.10. The van der Waals surface area contributed by atoms with E-state index >= 15 is 0 Å². The molecule has 5 nitrogen and oxygen atoms in total. The lowest BCUT2D eigenvalue weighted by atomic mass is 10.1. The summed E-state index contributed by atoms with van der Waals surface area (Å²) < 4.78 is 34.3. The molecule has 0 N–H and O–H groups in total. The molecule has 2 aliphatic rings. The van der Waals surface area contributed by atoms with Crippen molar-refractivity contribution in [1.82, 2.24) is 4.90 Å². The van der Waals surface area contributed by atoms with Gasteiger partial charge in [-0.15, -0.1) is 0 Å². The van der Waals surface area contributed by atoms with Gasteiger partial charge in [-0.3, -0.25) is 4.90 Å². The first-order chi connectivity index (χ1) is 9.55. The third kappa shape index (κ3) is 2.76. The highest BCUT2D eigenvalue weighted by Crippen LogP contribution is 2.36. The minimum absolute atomic E-state index is 0.240. The fourth-order valence-electron chi connectivity index (χ4n) is 2.68. The van der Waals surface area contributed by atoms with Crippen molar-refractivity contribution in [3.8, 4) is 11.5 Å². The van der Waals surface area contributed by atoms with Gasteiger partial charge in [-0.1, -0.05) is 12.1 Å². The standard InChI is InChI=1S/C14H19NO4S/c1-11-5-7-20(16,17)8-6-15(11)9-12-3-2-4-13-14(12)19-10-18-13/h2-4,11H,5-10H2,1H3/t11-/m1/s1. The van der Waals surface area contributed by atoms with Crippen molar-refractivity contribution in [2.24, 2.45) is 0 Å². The molecule has 0 saturated carbocycles. The summed E-state index contributed by atoms with van der Waals surface area (Å²) >= 11 is 0. The number of ether oxygens (including phenoxy) is 2. The first-order valence-corrected chi connectivity index (χ1v) is 8.69. The number of benzene rings is 1. The molecule has 0 aliphatic carbocycles. The zero-order valence-electron chi connectivity index (χ0n) is 11.5. The second-order valence-electron chi connectivity index (χ2n) is 5.41. The average Bonchev–Trinajstić information content (AvgIpc) is 2.85. The van der Waals surface area contributed by atoms with E-state index < -0.39 is 9.84 Å². The summed E-state index contributed by atoms with van der Waals surface area (Å²) in [6.07, 6.45) is 0.689. The van der Waals surface area contributed by atoms with Crippen LogP contribution in [0, 0.1) is 0 Å². The van der Waals surface area contributed by atoms with Gasteiger partial charge in [0.1, 0.15) is 0 Å². The Labute approximate surface area is 119 Å². The van der Waals surface area contributed by atoms with Crippen LogP contribution in [-0.4, -0.2) is 44.2 Å². The fraction of sp³-hybridized carbons (Fsp3) is 0.571. The SMILES string of the molecule is C[C@@H]1CCS(=O)(=O)CCN1Cc1cccc2c1OCO2. The van der Waals surface area contributed by atoms with Gasteiger partial charge >= 0.3 is 0 Å². The van der Waals surface area contributed by atoms with E-state index in [0.717, 1.165) is 17.1 Å². The van der Waals surface area contributed by atoms with Gasteiger partial charge in [-0.25, -0.2) is 8.42 Å². The number of para-hydroxylation sites is 1. The number of nitrogens with zero attached hydrogens (tertiary/aromatic N) is 1. The highest BCUT2D eigenvalue weighted by atomic mass is 32.2. The van der Waals surface area contributed by atoms with Crippen molar-refractivity contribution < 1.29 is 17.9 Å². The minimum Gasteiger partial charge on any atom is -0.454 e. The summed E-state index contributed by atoms with van der Waals surface area (Å²) in [7, 11) is -2.89. The summed E-state index contributed by atoms with van der Waals surface area (Å²) in [5.41, 5.74) is 1.06. The van der Waals surface area contributed by atoms with E-state index in [1.54, 1.807) is 0 Å². The van der Waals surface area contributed by atoms with Crippen LogP contribution in [0.25, 0.3) is 0 Å². The lowest BCUT2D eigenvalue weighted by Crippen LogP contribution is -2.33. The van der Waals surface area contributed by atoms with Crippen molar-refractivity contribution in [3.63, 3.8) is 0 Å². The van der Waals surface area contributed by atoms with Crippen molar-refractivity contribution >= 4 is 9.84 Å². The predicted octanol–water partition coefficient (Wildman–Crippen LogP) is 1.42. The lowest BCUT2D eigenvalue weighted by molar-refractivity contribution is 0.169. The van der Waals surface area contributed by atoms with Gasteiger partial charge in [0.15, 0.2) is 21.3 Å². The number of hydrogen-bond acceptors (Lipinski definition) is 5. The molecule has 1 fully saturated rings. The van der Waals surface area contributed by atoms with Gasteiger partial charge < -0.3 is 9.47 Å². The van der Waals surface area contributed by atoms with Gasteiger partial charge in [0.2, 0.25) is 6.79 Å². The Balaban J connectivity index is 1.79. The topological polar surface area (TPSA) is 55.8 Å². The van der Waals surface area contributed by atoms with Crippen molar-refractivity contribution in [2.45, 2.75) is 25.9 Å². The molecule has 0 aromatic heterocycles. The van der Waals surface area contributed by atoms with Crippen LogP contribution in [0.15, 0.2) is 18.2 Å². The molecule has 2 heterocycles. The molecule has 0 spiro atoms. The van der Waals surface area contributed by atoms with E-state index in [0.29, 0.717) is 19.5 Å². The Morgan fingerprint density at radius 2 is 2.15 bits per heavy atom. The molecule has 1 aromatic carbocycles. The monoisotopic (exact) mass is 297 g/mol. The molecule has 6 heteroatoms. The maximum atomic E-state index is 11.7. The van der Waals surface area contributed by atoms with Crippen LogP contribution < -0.4 is 9.47 Å². The van der Waals surface area contributed by atoms with Crippen LogP contribution >= 0.6 is 0 Å². The van der Waals surface area contributed by atoms with Gasteiger partial charge in [-0.05, 0) is 19.4 Å². The van der Waals surface area contributed by atoms with Crippen LogP contribution in [0.4, 0.5) is 0 Å². The number of fused-ring (bicyclic) bond motifs is 1. The Morgan fingerprint density at radius 3 is 3.00 bits per heavy atom. The first kappa shape index (κ1) is 13.7. The van der Waals surface area contributed by atoms with E-state index in [9.17, 15) is 8.42 Å². The quantitative estimate of drug-likeness (QED) is 0.826. The van der Waals surface area contributed by atoms with Crippen molar-refractivity contribution in [2.75, 3.05) is 24.8 Å². The smallest absolute Gasteiger partial charge is 0.231 e. The third-order valence-corrected chi connectivity index (χ3v) is 5.67. The maximum Gasteiger partial charge on any atom is 0.231 e. The summed E-state index contributed by atoms with van der Waals surface area (Å²) in [5, 5.41) is 0. The lowest BCUT2D eigenvalue weighted by Gasteiger charge is -2.26. The number of rotatable bonds is 2. The Hall–Kier alpha value is -1.27. The van der Waals surface area contributed by atoms with Gasteiger partial charge in [0.05, 0.1) is 11.5 Å². The largest absolute Gasteiger partial charge is 0.454 e. The van der Waals surface area contributed by atoms with Crippen molar-refractivity contribution in [1.29, 1.82) is 0 Å². The van der Waals surface area contributed by atoms with Crippen LogP contribution in [0.5, 0.6) is 11.5 Å². The van der Waals surface area contributed by atoms with E-state index in [4.69, 9.17) is 9.47 Å². The normalized spacial score (nSPS) is 25.4. The molecule has 20 heavy (non-hydrogen) atoms. The van der Waals surface area contributed by atoms with E-state index in [-0.39, 0.29) is 24.3 Å². The molecule has 0 radical (unpaired) electrons. The first-order valence-electron chi connectivity index (χ1n) is 6.87. The summed E-state index contributed by atoms with van der Waals surface area (Å²) in [5.74, 6) is 2.10. The zero-order valence-corrected chi connectivity index (χ0v) is 12.4. The maximum absolute atomic E-state index is 11.7. The van der Waals surface area contributed by atoms with E-state index in [2.05, 4.69) is 11.8 Å². The molecule has 2 aliphatic heterocycles. The predicted molar refractivity (Wildman–Crippen MR) is 75.7 cm³/mol. The van der Waals surface area contributed by atoms with E-state index in [1.165, 1.54) is 0 Å². The molecule has 3 rings (SSSR count). The van der Waals surface area contributed by atoms with Gasteiger partial charge in [-0.2, -0.15) is 0 Å². The Bertz CT molecular complexity index is 599. The third-order valence-electron chi connectivity index (χ3n) is 4.01. The molecule has 1 atom stereocenters. The average molecular weight is 297 g/mol. The summed E-state index contributed by atoms with van der Waals surface area (Å²) in [6.45, 7) is 3.62.